The third-order valence-electron chi connectivity index (χ3n) is 5.81. The van der Waals surface area contributed by atoms with Crippen LogP contribution in [0.15, 0.2) is 48.8 Å². The lowest BCUT2D eigenvalue weighted by molar-refractivity contribution is -0.137. The average molecular weight is 382 g/mol. The molecule has 4 nitrogen and oxygen atoms in total. The molecule has 2 aromatic heterocycles. The minimum Gasteiger partial charge on any atom is -0.346 e. The fraction of sp³-hybridized carbons (Fsp3) is 0.364. The van der Waals surface area contributed by atoms with Gasteiger partial charge in [0.2, 0.25) is 5.91 Å². The third-order valence-corrected chi connectivity index (χ3v) is 6.06. The molecule has 0 aliphatic carbocycles. The molecule has 3 heterocycles. The molecule has 1 aromatic carbocycles. The second-order valence-electron chi connectivity index (χ2n) is 7.84. The van der Waals surface area contributed by atoms with Crippen LogP contribution in [0.4, 0.5) is 0 Å². The third kappa shape index (κ3) is 3.34. The molecule has 3 aromatic rings. The normalized spacial score (nSPS) is 16.0. The highest BCUT2D eigenvalue weighted by atomic mass is 35.5. The largest absolute Gasteiger partial charge is 0.346 e. The topological polar surface area (TPSA) is 49.0 Å². The van der Waals surface area contributed by atoms with Gasteiger partial charge in [-0.25, -0.2) is 4.98 Å². The van der Waals surface area contributed by atoms with E-state index in [0.29, 0.717) is 10.9 Å². The minimum atomic E-state index is -0.553. The zero-order chi connectivity index (χ0) is 19.0. The summed E-state index contributed by atoms with van der Waals surface area (Å²) in [5.74, 6) is 0.648. The van der Waals surface area contributed by atoms with Crippen LogP contribution in [0.2, 0.25) is 5.02 Å². The molecule has 1 amide bonds. The van der Waals surface area contributed by atoms with E-state index < -0.39 is 5.41 Å². The van der Waals surface area contributed by atoms with Crippen molar-refractivity contribution in [3.63, 3.8) is 0 Å². The van der Waals surface area contributed by atoms with Crippen molar-refractivity contribution < 1.29 is 4.79 Å². The molecule has 0 bridgehead atoms. The van der Waals surface area contributed by atoms with E-state index in [4.69, 9.17) is 11.6 Å². The average Bonchev–Trinajstić information content (AvgIpc) is 3.12. The number of amides is 1. The molecule has 1 saturated heterocycles. The van der Waals surface area contributed by atoms with Crippen LogP contribution in [0.1, 0.15) is 43.7 Å². The Bertz CT molecular complexity index is 953. The molecule has 140 valence electrons. The predicted molar refractivity (Wildman–Crippen MR) is 109 cm³/mol. The van der Waals surface area contributed by atoms with Crippen molar-refractivity contribution in [1.29, 1.82) is 0 Å². The van der Waals surface area contributed by atoms with Crippen LogP contribution in [0.5, 0.6) is 0 Å². The second kappa shape index (κ2) is 7.01. The first-order valence-electron chi connectivity index (χ1n) is 9.44. The van der Waals surface area contributed by atoms with Gasteiger partial charge in [-0.15, -0.1) is 0 Å². The quantitative estimate of drug-likeness (QED) is 0.701. The number of halogens is 1. The van der Waals surface area contributed by atoms with Gasteiger partial charge in [-0.05, 0) is 68.0 Å². The molecule has 0 radical (unpaired) electrons. The summed E-state index contributed by atoms with van der Waals surface area (Å²) < 4.78 is 0. The van der Waals surface area contributed by atoms with Crippen LogP contribution in [-0.2, 0) is 10.2 Å². The summed E-state index contributed by atoms with van der Waals surface area (Å²) >= 11 is 5.99. The fourth-order valence-electron chi connectivity index (χ4n) is 4.09. The van der Waals surface area contributed by atoms with E-state index in [1.54, 1.807) is 0 Å². The second-order valence-corrected chi connectivity index (χ2v) is 8.28. The van der Waals surface area contributed by atoms with Crippen LogP contribution in [0.25, 0.3) is 11.0 Å². The van der Waals surface area contributed by atoms with Crippen LogP contribution < -0.4 is 0 Å². The number of H-pyrrole nitrogens is 1. The van der Waals surface area contributed by atoms with E-state index >= 15 is 0 Å². The fourth-order valence-corrected chi connectivity index (χ4v) is 4.22. The van der Waals surface area contributed by atoms with Gasteiger partial charge in [-0.1, -0.05) is 23.7 Å². The number of rotatable bonds is 3. The number of carbonyl (C=O) groups is 1. The van der Waals surface area contributed by atoms with E-state index in [2.05, 4.69) is 22.2 Å². The van der Waals surface area contributed by atoms with E-state index in [0.717, 1.165) is 37.1 Å². The summed E-state index contributed by atoms with van der Waals surface area (Å²) in [7, 11) is 0. The summed E-state index contributed by atoms with van der Waals surface area (Å²) in [5, 5.41) is 1.89. The predicted octanol–water partition coefficient (Wildman–Crippen LogP) is 4.90. The number of nitrogens with zero attached hydrogens (tertiary/aromatic N) is 2. The van der Waals surface area contributed by atoms with Gasteiger partial charge in [0.25, 0.3) is 0 Å². The van der Waals surface area contributed by atoms with E-state index in [1.165, 1.54) is 10.9 Å². The number of benzene rings is 1. The Balaban J connectivity index is 1.47. The number of likely N-dealkylation sites (tertiary alicyclic amines) is 1. The number of aromatic amines is 1. The van der Waals surface area contributed by atoms with Gasteiger partial charge in [-0.3, -0.25) is 4.79 Å². The first-order valence-corrected chi connectivity index (χ1v) is 9.82. The van der Waals surface area contributed by atoms with Gasteiger partial charge in [0.1, 0.15) is 5.65 Å². The maximum Gasteiger partial charge on any atom is 0.232 e. The van der Waals surface area contributed by atoms with Crippen LogP contribution >= 0.6 is 11.6 Å². The Morgan fingerprint density at radius 3 is 2.59 bits per heavy atom. The van der Waals surface area contributed by atoms with Crippen LogP contribution in [-0.4, -0.2) is 33.9 Å². The Labute approximate surface area is 164 Å². The minimum absolute atomic E-state index is 0.184. The van der Waals surface area contributed by atoms with Crippen molar-refractivity contribution in [1.82, 2.24) is 14.9 Å². The monoisotopic (exact) mass is 381 g/mol. The van der Waals surface area contributed by atoms with Crippen molar-refractivity contribution in [3.8, 4) is 0 Å². The van der Waals surface area contributed by atoms with E-state index in [-0.39, 0.29) is 5.91 Å². The number of hydrogen-bond donors (Lipinski definition) is 1. The molecule has 0 saturated carbocycles. The number of hydrogen-bond acceptors (Lipinski definition) is 2. The molecule has 1 aliphatic heterocycles. The van der Waals surface area contributed by atoms with Crippen molar-refractivity contribution >= 4 is 28.5 Å². The molecule has 0 unspecified atom stereocenters. The summed E-state index contributed by atoms with van der Waals surface area (Å²) in [6.45, 7) is 5.56. The Hall–Kier alpha value is -2.33. The molecule has 0 atom stereocenters. The molecule has 1 aliphatic rings. The molecule has 0 spiro atoms. The summed E-state index contributed by atoms with van der Waals surface area (Å²) in [4.78, 5) is 22.8. The maximum absolute atomic E-state index is 13.2. The smallest absolute Gasteiger partial charge is 0.232 e. The van der Waals surface area contributed by atoms with Gasteiger partial charge >= 0.3 is 0 Å². The lowest BCUT2D eigenvalue weighted by Crippen LogP contribution is -2.46. The van der Waals surface area contributed by atoms with Gasteiger partial charge < -0.3 is 9.88 Å². The zero-order valence-electron chi connectivity index (χ0n) is 15.7. The Morgan fingerprint density at radius 1 is 1.19 bits per heavy atom. The summed E-state index contributed by atoms with van der Waals surface area (Å²) in [6.07, 6.45) is 5.84. The number of carbonyl (C=O) groups excluding carboxylic acids is 1. The number of nitrogens with one attached hydrogen (secondary N) is 1. The van der Waals surface area contributed by atoms with E-state index in [9.17, 15) is 4.79 Å². The lowest BCUT2D eigenvalue weighted by atomic mass is 9.82. The standard InChI is InChI=1S/C22H24ClN3O/c1-22(2,16-5-7-17(23)8-6-16)21(27)26-12-9-15(10-13-26)19-14-25-20-18(19)4-3-11-24-20/h3-8,11,14-15H,9-10,12-13H2,1-2H3,(H,24,25). The van der Waals surface area contributed by atoms with E-state index in [1.807, 2.05) is 55.3 Å². The molecular formula is C22H24ClN3O. The lowest BCUT2D eigenvalue weighted by Gasteiger charge is -2.37. The van der Waals surface area contributed by atoms with Gasteiger partial charge in [0.15, 0.2) is 0 Å². The van der Waals surface area contributed by atoms with Crippen LogP contribution in [0, 0.1) is 0 Å². The summed E-state index contributed by atoms with van der Waals surface area (Å²) in [6, 6.07) is 11.7. The maximum atomic E-state index is 13.2. The van der Waals surface area contributed by atoms with Crippen molar-refractivity contribution in [3.05, 3.63) is 64.9 Å². The Kier molecular flexibility index (Phi) is 4.68. The molecule has 1 fully saturated rings. The number of aromatic nitrogens is 2. The SMILES string of the molecule is CC(C)(C(=O)N1CCC(c2c[nH]c3ncccc23)CC1)c1ccc(Cl)cc1. The first-order chi connectivity index (χ1) is 13.0. The number of fused-ring (bicyclic) bond motifs is 1. The molecule has 1 N–H and O–H groups in total. The highest BCUT2D eigenvalue weighted by molar-refractivity contribution is 6.30. The molecule has 5 heteroatoms. The van der Waals surface area contributed by atoms with Gasteiger partial charge in [0.05, 0.1) is 5.41 Å². The Morgan fingerprint density at radius 2 is 1.89 bits per heavy atom. The molecule has 27 heavy (non-hydrogen) atoms. The number of piperidine rings is 1. The van der Waals surface area contributed by atoms with Gasteiger partial charge in [-0.2, -0.15) is 0 Å². The summed E-state index contributed by atoms with van der Waals surface area (Å²) in [5.41, 5.74) is 2.71. The van der Waals surface area contributed by atoms with Crippen molar-refractivity contribution in [2.45, 2.75) is 38.0 Å². The number of pyridine rings is 1. The van der Waals surface area contributed by atoms with Crippen LogP contribution in [0.3, 0.4) is 0 Å². The zero-order valence-corrected chi connectivity index (χ0v) is 16.5. The van der Waals surface area contributed by atoms with Gasteiger partial charge in [0, 0.05) is 35.9 Å². The molecule has 4 rings (SSSR count). The highest BCUT2D eigenvalue weighted by Crippen LogP contribution is 2.34. The first kappa shape index (κ1) is 18.1. The molecular weight excluding hydrogens is 358 g/mol. The van der Waals surface area contributed by atoms with Crippen molar-refractivity contribution in [2.24, 2.45) is 0 Å². The highest BCUT2D eigenvalue weighted by Gasteiger charge is 2.35. The van der Waals surface area contributed by atoms with Crippen molar-refractivity contribution in [2.75, 3.05) is 13.1 Å².